The van der Waals surface area contributed by atoms with Gasteiger partial charge in [-0.25, -0.2) is 9.97 Å². The van der Waals surface area contributed by atoms with E-state index in [2.05, 4.69) is 25.9 Å². The van der Waals surface area contributed by atoms with Crippen LogP contribution in [0.4, 0.5) is 13.2 Å². The average molecular weight is 317 g/mol. The molecule has 6 heteroatoms. The van der Waals surface area contributed by atoms with E-state index in [9.17, 15) is 13.2 Å². The second kappa shape index (κ2) is 5.06. The summed E-state index contributed by atoms with van der Waals surface area (Å²) in [5.74, 6) is 0.282. The maximum Gasteiger partial charge on any atom is 0.419 e. The minimum Gasteiger partial charge on any atom is -0.236 e. The van der Waals surface area contributed by atoms with E-state index in [0.717, 1.165) is 23.3 Å². The summed E-state index contributed by atoms with van der Waals surface area (Å²) in [5.41, 5.74) is 0.919. The van der Waals surface area contributed by atoms with Crippen LogP contribution in [0.1, 0.15) is 11.1 Å². The van der Waals surface area contributed by atoms with Crippen LogP contribution in [-0.2, 0) is 11.5 Å². The number of alkyl halides is 4. The summed E-state index contributed by atoms with van der Waals surface area (Å²) < 4.78 is 37.0. The van der Waals surface area contributed by atoms with Crippen LogP contribution < -0.4 is 0 Å². The zero-order valence-corrected chi connectivity index (χ0v) is 10.7. The van der Waals surface area contributed by atoms with Crippen molar-refractivity contribution in [3.8, 4) is 11.4 Å². The smallest absolute Gasteiger partial charge is 0.236 e. The van der Waals surface area contributed by atoms with Crippen molar-refractivity contribution in [2.45, 2.75) is 11.5 Å². The first-order valence-electron chi connectivity index (χ1n) is 5.05. The maximum atomic E-state index is 12.3. The minimum absolute atomic E-state index is 0.282. The molecule has 2 rings (SSSR count). The van der Waals surface area contributed by atoms with Crippen LogP contribution in [0.5, 0.6) is 0 Å². The number of rotatable bonds is 2. The molecule has 0 aliphatic carbocycles. The van der Waals surface area contributed by atoms with E-state index in [1.54, 1.807) is 12.1 Å². The summed E-state index contributed by atoms with van der Waals surface area (Å²) in [6.45, 7) is 0. The molecule has 0 saturated carbocycles. The lowest BCUT2D eigenvalue weighted by Crippen LogP contribution is -2.06. The molecule has 2 aromatic rings. The summed E-state index contributed by atoms with van der Waals surface area (Å²) in [5, 5.41) is 0.723. The Morgan fingerprint density at radius 3 is 2.00 bits per heavy atom. The second-order valence-corrected chi connectivity index (χ2v) is 4.18. The quantitative estimate of drug-likeness (QED) is 0.781. The topological polar surface area (TPSA) is 25.8 Å². The predicted octanol–water partition coefficient (Wildman–Crippen LogP) is 4.06. The van der Waals surface area contributed by atoms with Gasteiger partial charge in [0.1, 0.15) is 0 Å². The van der Waals surface area contributed by atoms with E-state index in [1.165, 1.54) is 0 Å². The molecule has 1 heterocycles. The van der Waals surface area contributed by atoms with Crippen LogP contribution in [0, 0.1) is 0 Å². The molecule has 0 aliphatic heterocycles. The number of hydrogen-bond donors (Lipinski definition) is 0. The number of aromatic nitrogens is 2. The third kappa shape index (κ3) is 2.87. The first kappa shape index (κ1) is 13.0. The van der Waals surface area contributed by atoms with Gasteiger partial charge in [-0.1, -0.05) is 40.2 Å². The number of hydrogen-bond acceptors (Lipinski definition) is 2. The first-order valence-corrected chi connectivity index (χ1v) is 6.17. The molecule has 0 unspecified atom stereocenters. The van der Waals surface area contributed by atoms with Crippen LogP contribution >= 0.6 is 15.9 Å². The minimum atomic E-state index is -4.40. The lowest BCUT2D eigenvalue weighted by atomic mass is 10.1. The molecule has 0 spiro atoms. The van der Waals surface area contributed by atoms with Gasteiger partial charge in [0.25, 0.3) is 0 Å². The molecule has 0 fully saturated rings. The fourth-order valence-electron chi connectivity index (χ4n) is 1.37. The molecular weight excluding hydrogens is 309 g/mol. The van der Waals surface area contributed by atoms with Gasteiger partial charge in [0.15, 0.2) is 5.82 Å². The largest absolute Gasteiger partial charge is 0.419 e. The molecule has 0 aliphatic rings. The molecule has 1 aromatic carbocycles. The van der Waals surface area contributed by atoms with E-state index in [0.29, 0.717) is 5.56 Å². The van der Waals surface area contributed by atoms with Crippen molar-refractivity contribution < 1.29 is 13.2 Å². The summed E-state index contributed by atoms with van der Waals surface area (Å²) in [7, 11) is 0. The summed E-state index contributed by atoms with van der Waals surface area (Å²) in [6.07, 6.45) is -2.82. The Hall–Kier alpha value is -1.43. The molecule has 1 aromatic heterocycles. The van der Waals surface area contributed by atoms with Gasteiger partial charge in [-0.05, 0) is 5.56 Å². The first-order chi connectivity index (χ1) is 8.50. The Morgan fingerprint density at radius 1 is 1.00 bits per heavy atom. The fourth-order valence-corrected chi connectivity index (χ4v) is 1.74. The van der Waals surface area contributed by atoms with Gasteiger partial charge in [-0.15, -0.1) is 0 Å². The number of halogens is 4. The molecule has 94 valence electrons. The zero-order chi connectivity index (χ0) is 13.2. The highest BCUT2D eigenvalue weighted by molar-refractivity contribution is 9.08. The van der Waals surface area contributed by atoms with E-state index in [4.69, 9.17) is 0 Å². The van der Waals surface area contributed by atoms with Crippen LogP contribution in [0.2, 0.25) is 0 Å². The van der Waals surface area contributed by atoms with Crippen molar-refractivity contribution >= 4 is 15.9 Å². The molecule has 0 amide bonds. The SMILES string of the molecule is FC(F)(F)c1cnc(-c2ccc(CBr)cc2)nc1. The molecule has 0 N–H and O–H groups in total. The standard InChI is InChI=1S/C12H8BrF3N2/c13-5-8-1-3-9(4-2-8)11-17-6-10(7-18-11)12(14,15)16/h1-4,6-7H,5H2. The highest BCUT2D eigenvalue weighted by atomic mass is 79.9. The van der Waals surface area contributed by atoms with Crippen molar-refractivity contribution in [2.24, 2.45) is 0 Å². The van der Waals surface area contributed by atoms with Crippen molar-refractivity contribution in [3.63, 3.8) is 0 Å². The van der Waals surface area contributed by atoms with Crippen LogP contribution in [0.25, 0.3) is 11.4 Å². The van der Waals surface area contributed by atoms with Crippen LogP contribution in [-0.4, -0.2) is 9.97 Å². The van der Waals surface area contributed by atoms with Gasteiger partial charge in [0, 0.05) is 23.3 Å². The Labute approximate surface area is 110 Å². The number of benzene rings is 1. The molecule has 0 saturated heterocycles. The second-order valence-electron chi connectivity index (χ2n) is 3.62. The zero-order valence-electron chi connectivity index (χ0n) is 9.08. The number of nitrogens with zero attached hydrogens (tertiary/aromatic N) is 2. The van der Waals surface area contributed by atoms with Gasteiger partial charge in [-0.3, -0.25) is 0 Å². The lowest BCUT2D eigenvalue weighted by molar-refractivity contribution is -0.138. The van der Waals surface area contributed by atoms with Crippen molar-refractivity contribution in [1.29, 1.82) is 0 Å². The van der Waals surface area contributed by atoms with Crippen molar-refractivity contribution in [3.05, 3.63) is 47.8 Å². The monoisotopic (exact) mass is 316 g/mol. The highest BCUT2D eigenvalue weighted by Crippen LogP contribution is 2.28. The Bertz CT molecular complexity index is 521. The summed E-state index contributed by atoms with van der Waals surface area (Å²) in [6, 6.07) is 7.29. The molecule has 2 nitrogen and oxygen atoms in total. The predicted molar refractivity (Wildman–Crippen MR) is 65.1 cm³/mol. The molecule has 0 radical (unpaired) electrons. The van der Waals surface area contributed by atoms with Crippen LogP contribution in [0.3, 0.4) is 0 Å². The van der Waals surface area contributed by atoms with Gasteiger partial charge in [0.2, 0.25) is 0 Å². The summed E-state index contributed by atoms with van der Waals surface area (Å²) in [4.78, 5) is 7.46. The Kier molecular flexibility index (Phi) is 3.65. The maximum absolute atomic E-state index is 12.3. The van der Waals surface area contributed by atoms with Crippen molar-refractivity contribution in [1.82, 2.24) is 9.97 Å². The van der Waals surface area contributed by atoms with E-state index in [-0.39, 0.29) is 5.82 Å². The van der Waals surface area contributed by atoms with Gasteiger partial charge in [-0.2, -0.15) is 13.2 Å². The molecular formula is C12H8BrF3N2. The van der Waals surface area contributed by atoms with Crippen molar-refractivity contribution in [2.75, 3.05) is 0 Å². The van der Waals surface area contributed by atoms with E-state index in [1.807, 2.05) is 12.1 Å². The van der Waals surface area contributed by atoms with Gasteiger partial charge in [0.05, 0.1) is 5.56 Å². The average Bonchev–Trinajstić information content (AvgIpc) is 2.38. The lowest BCUT2D eigenvalue weighted by Gasteiger charge is -2.06. The molecule has 18 heavy (non-hydrogen) atoms. The van der Waals surface area contributed by atoms with Gasteiger partial charge < -0.3 is 0 Å². The normalized spacial score (nSPS) is 11.6. The van der Waals surface area contributed by atoms with Gasteiger partial charge >= 0.3 is 6.18 Å². The molecule has 0 bridgehead atoms. The Morgan fingerprint density at radius 2 is 1.56 bits per heavy atom. The molecule has 0 atom stereocenters. The van der Waals surface area contributed by atoms with Crippen LogP contribution in [0.15, 0.2) is 36.7 Å². The van der Waals surface area contributed by atoms with E-state index >= 15 is 0 Å². The van der Waals surface area contributed by atoms with E-state index < -0.39 is 11.7 Å². The third-order valence-electron chi connectivity index (χ3n) is 2.35. The fraction of sp³-hybridized carbons (Fsp3) is 0.167. The summed E-state index contributed by atoms with van der Waals surface area (Å²) >= 11 is 3.31. The third-order valence-corrected chi connectivity index (χ3v) is 2.99. The Balaban J connectivity index is 2.28. The highest BCUT2D eigenvalue weighted by Gasteiger charge is 2.31.